The van der Waals surface area contributed by atoms with Gasteiger partial charge >= 0.3 is 0 Å². The van der Waals surface area contributed by atoms with E-state index in [-0.39, 0.29) is 0 Å². The number of hydrogen-bond donors (Lipinski definition) is 0. The van der Waals surface area contributed by atoms with Gasteiger partial charge in [-0.25, -0.2) is 0 Å². The van der Waals surface area contributed by atoms with E-state index in [0.29, 0.717) is 0 Å². The molecule has 0 radical (unpaired) electrons. The third-order valence-corrected chi connectivity index (χ3v) is 6.64. The molecule has 0 N–H and O–H groups in total. The molecule has 0 aromatic heterocycles. The Balaban J connectivity index is 0.000000733. The predicted molar refractivity (Wildman–Crippen MR) is 200 cm³/mol. The summed E-state index contributed by atoms with van der Waals surface area (Å²) in [6.07, 6.45) is 1.25. The van der Waals surface area contributed by atoms with Gasteiger partial charge in [0.25, 0.3) is 0 Å². The first-order valence-corrected chi connectivity index (χ1v) is 16.3. The number of nitrogens with zero attached hydrogens (tertiary/aromatic N) is 2. The third-order valence-electron chi connectivity index (χ3n) is 6.64. The van der Waals surface area contributed by atoms with Crippen molar-refractivity contribution in [3.05, 3.63) is 170 Å². The highest BCUT2D eigenvalue weighted by Crippen LogP contribution is 2.37. The Kier molecular flexibility index (Phi) is 14.7. The lowest BCUT2D eigenvalue weighted by molar-refractivity contribution is 1.09. The predicted octanol–water partition coefficient (Wildman–Crippen LogP) is 13.8. The van der Waals surface area contributed by atoms with Crippen LogP contribution in [-0.2, 0) is 0 Å². The maximum atomic E-state index is 2.28. The van der Waals surface area contributed by atoms with Crippen LogP contribution >= 0.6 is 0 Å². The summed E-state index contributed by atoms with van der Waals surface area (Å²) in [7, 11) is 0. The topological polar surface area (TPSA) is 6.48 Å². The van der Waals surface area contributed by atoms with Crippen molar-refractivity contribution < 1.29 is 0 Å². The van der Waals surface area contributed by atoms with Gasteiger partial charge in [0.2, 0.25) is 0 Å². The van der Waals surface area contributed by atoms with Gasteiger partial charge in [0.05, 0.1) is 0 Å². The Labute approximate surface area is 272 Å². The third kappa shape index (κ3) is 9.45. The molecule has 0 aliphatic heterocycles. The lowest BCUT2D eigenvalue weighted by Crippen LogP contribution is -2.09. The summed E-state index contributed by atoms with van der Waals surface area (Å²) in [6.45, 7) is 12.2. The Morgan fingerprint density at radius 3 is 0.667 bits per heavy atom. The van der Waals surface area contributed by atoms with Crippen LogP contribution < -0.4 is 9.80 Å². The standard InChI is InChI=1S/C36H28N2.C3H8.2C2H6/c1-5-13-31(14-6-1)37(32-15-7-2-8-16-32)35-25-21-29(22-26-35)30-23-27-36(28-24-30)38(33-17-9-3-10-18-33)34-19-11-4-12-20-34;1-3-2;2*1-2/h1-28H;3H2,1-2H3;2*1-2H3. The molecular formula is C43H48N2. The van der Waals surface area contributed by atoms with Crippen LogP contribution in [-0.4, -0.2) is 0 Å². The molecule has 45 heavy (non-hydrogen) atoms. The van der Waals surface area contributed by atoms with Crippen molar-refractivity contribution in [3.8, 4) is 11.1 Å². The Morgan fingerprint density at radius 2 is 0.467 bits per heavy atom. The van der Waals surface area contributed by atoms with E-state index in [9.17, 15) is 0 Å². The lowest BCUT2D eigenvalue weighted by atomic mass is 10.0. The minimum Gasteiger partial charge on any atom is -0.311 e. The highest BCUT2D eigenvalue weighted by Gasteiger charge is 2.14. The van der Waals surface area contributed by atoms with Crippen LogP contribution in [0.15, 0.2) is 170 Å². The maximum Gasteiger partial charge on any atom is 0.0462 e. The number of rotatable bonds is 7. The van der Waals surface area contributed by atoms with Crippen LogP contribution in [0.4, 0.5) is 34.1 Å². The first kappa shape index (κ1) is 34.4. The van der Waals surface area contributed by atoms with Crippen molar-refractivity contribution in [1.29, 1.82) is 0 Å². The van der Waals surface area contributed by atoms with Gasteiger partial charge in [-0.15, -0.1) is 0 Å². The molecule has 0 saturated carbocycles. The molecule has 0 atom stereocenters. The lowest BCUT2D eigenvalue weighted by Gasteiger charge is -2.26. The smallest absolute Gasteiger partial charge is 0.0462 e. The minimum atomic E-state index is 1.13. The summed E-state index contributed by atoms with van der Waals surface area (Å²) in [4.78, 5) is 4.56. The van der Waals surface area contributed by atoms with Gasteiger partial charge in [-0.05, 0) is 83.9 Å². The molecule has 0 unspecified atom stereocenters. The zero-order chi connectivity index (χ0) is 32.3. The molecular weight excluding hydrogens is 544 g/mol. The largest absolute Gasteiger partial charge is 0.311 e. The first-order chi connectivity index (χ1) is 22.3. The van der Waals surface area contributed by atoms with Gasteiger partial charge in [0.1, 0.15) is 0 Å². The summed E-state index contributed by atoms with van der Waals surface area (Å²) >= 11 is 0. The Hall–Kier alpha value is -5.08. The molecule has 0 saturated heterocycles. The van der Waals surface area contributed by atoms with Crippen LogP contribution in [0.3, 0.4) is 0 Å². The number of anilines is 6. The average Bonchev–Trinajstić information content (AvgIpc) is 3.13. The van der Waals surface area contributed by atoms with Crippen molar-refractivity contribution in [2.75, 3.05) is 9.80 Å². The van der Waals surface area contributed by atoms with Crippen molar-refractivity contribution in [3.63, 3.8) is 0 Å². The van der Waals surface area contributed by atoms with Gasteiger partial charge in [-0.3, -0.25) is 0 Å². The summed E-state index contributed by atoms with van der Waals surface area (Å²) < 4.78 is 0. The molecule has 0 spiro atoms. The summed E-state index contributed by atoms with van der Waals surface area (Å²) in [6, 6.07) is 59.6. The number of hydrogen-bond acceptors (Lipinski definition) is 2. The minimum absolute atomic E-state index is 1.13. The van der Waals surface area contributed by atoms with Gasteiger partial charge < -0.3 is 9.80 Å². The van der Waals surface area contributed by atoms with E-state index in [2.05, 4.69) is 194 Å². The second kappa shape index (κ2) is 19.2. The fourth-order valence-corrected chi connectivity index (χ4v) is 4.81. The second-order valence-electron chi connectivity index (χ2n) is 9.81. The van der Waals surface area contributed by atoms with Crippen LogP contribution in [0.2, 0.25) is 0 Å². The quantitative estimate of drug-likeness (QED) is 0.182. The molecule has 0 aliphatic carbocycles. The molecule has 0 heterocycles. The summed E-state index contributed by atoms with van der Waals surface area (Å²) in [5.41, 5.74) is 9.18. The molecule has 2 heteroatoms. The molecule has 2 nitrogen and oxygen atoms in total. The van der Waals surface area contributed by atoms with Crippen LogP contribution in [0.25, 0.3) is 11.1 Å². The van der Waals surface area contributed by atoms with E-state index < -0.39 is 0 Å². The number of benzene rings is 6. The Morgan fingerprint density at radius 1 is 0.289 bits per heavy atom. The van der Waals surface area contributed by atoms with E-state index in [1.54, 1.807) is 0 Å². The first-order valence-electron chi connectivity index (χ1n) is 16.3. The monoisotopic (exact) mass is 592 g/mol. The molecule has 6 rings (SSSR count). The van der Waals surface area contributed by atoms with Crippen molar-refractivity contribution >= 4 is 34.1 Å². The van der Waals surface area contributed by atoms with Gasteiger partial charge in [-0.1, -0.05) is 145 Å². The summed E-state index contributed by atoms with van der Waals surface area (Å²) in [5, 5.41) is 0. The molecule has 0 bridgehead atoms. The molecule has 0 amide bonds. The van der Waals surface area contributed by atoms with Crippen molar-refractivity contribution in [2.45, 2.75) is 48.0 Å². The van der Waals surface area contributed by atoms with Gasteiger partial charge in [0, 0.05) is 34.1 Å². The van der Waals surface area contributed by atoms with Crippen LogP contribution in [0.1, 0.15) is 48.0 Å². The van der Waals surface area contributed by atoms with Gasteiger partial charge in [0.15, 0.2) is 0 Å². The maximum absolute atomic E-state index is 2.28. The second-order valence-corrected chi connectivity index (χ2v) is 9.81. The summed E-state index contributed by atoms with van der Waals surface area (Å²) in [5.74, 6) is 0. The van der Waals surface area contributed by atoms with E-state index in [1.165, 1.54) is 17.5 Å². The highest BCUT2D eigenvalue weighted by molar-refractivity contribution is 5.80. The van der Waals surface area contributed by atoms with E-state index in [0.717, 1.165) is 34.1 Å². The fraction of sp³-hybridized carbons (Fsp3) is 0.163. The van der Waals surface area contributed by atoms with Gasteiger partial charge in [-0.2, -0.15) is 0 Å². The zero-order valence-electron chi connectivity index (χ0n) is 27.8. The van der Waals surface area contributed by atoms with E-state index in [4.69, 9.17) is 0 Å². The van der Waals surface area contributed by atoms with Crippen molar-refractivity contribution in [2.24, 2.45) is 0 Å². The van der Waals surface area contributed by atoms with Crippen LogP contribution in [0, 0.1) is 0 Å². The van der Waals surface area contributed by atoms with E-state index >= 15 is 0 Å². The fourth-order valence-electron chi connectivity index (χ4n) is 4.81. The average molecular weight is 593 g/mol. The number of para-hydroxylation sites is 4. The normalized spacial score (nSPS) is 9.64. The highest BCUT2D eigenvalue weighted by atomic mass is 15.1. The molecule has 0 fully saturated rings. The molecule has 6 aromatic rings. The van der Waals surface area contributed by atoms with E-state index in [1.807, 2.05) is 27.7 Å². The molecule has 0 aliphatic rings. The van der Waals surface area contributed by atoms with Crippen molar-refractivity contribution in [1.82, 2.24) is 0 Å². The van der Waals surface area contributed by atoms with Crippen LogP contribution in [0.5, 0.6) is 0 Å². The molecule has 230 valence electrons. The molecule has 6 aromatic carbocycles. The zero-order valence-corrected chi connectivity index (χ0v) is 27.8. The Bertz CT molecular complexity index is 1380. The SMILES string of the molecule is CC.CC.CCC.c1ccc(N(c2ccccc2)c2ccc(-c3ccc(N(c4ccccc4)c4ccccc4)cc3)cc2)cc1.